The van der Waals surface area contributed by atoms with E-state index >= 15 is 0 Å². The summed E-state index contributed by atoms with van der Waals surface area (Å²) >= 11 is 0. The van der Waals surface area contributed by atoms with Crippen LogP contribution in [-0.4, -0.2) is 34.6 Å². The monoisotopic (exact) mass is 353 g/mol. The molecule has 4 nitrogen and oxygen atoms in total. The highest BCUT2D eigenvalue weighted by atomic mass is 16.3. The normalized spacial score (nSPS) is 20.7. The summed E-state index contributed by atoms with van der Waals surface area (Å²) in [5, 5.41) is 10.3. The number of likely N-dealkylation sites (tertiary alicyclic amines) is 1. The summed E-state index contributed by atoms with van der Waals surface area (Å²) in [5.41, 5.74) is 0.801. The maximum absolute atomic E-state index is 12.9. The standard InChI is InChI=1S/C22H27NO3/c24-21(23-12-8-19(9-13-23)22(25)10-11-22)16-18(20-7-4-14-26-20)15-17-5-2-1-3-6-17/h1-7,14,18-19,25H,8-13,15-16H2. The van der Waals surface area contributed by atoms with Gasteiger partial charge < -0.3 is 14.4 Å². The Kier molecular flexibility index (Phi) is 4.86. The SMILES string of the molecule is O=C(CC(Cc1ccccc1)c1ccco1)N1CCC(C2(O)CC2)CC1. The lowest BCUT2D eigenvalue weighted by atomic mass is 9.88. The zero-order valence-electron chi connectivity index (χ0n) is 15.1. The van der Waals surface area contributed by atoms with Crippen molar-refractivity contribution < 1.29 is 14.3 Å². The molecular weight excluding hydrogens is 326 g/mol. The molecule has 1 unspecified atom stereocenters. The second-order valence-corrected chi connectivity index (χ2v) is 7.86. The molecule has 2 aliphatic rings. The third-order valence-corrected chi connectivity index (χ3v) is 6.06. The van der Waals surface area contributed by atoms with Crippen molar-refractivity contribution in [2.45, 2.75) is 50.0 Å². The van der Waals surface area contributed by atoms with Crippen molar-refractivity contribution in [2.24, 2.45) is 5.92 Å². The van der Waals surface area contributed by atoms with Gasteiger partial charge in [-0.25, -0.2) is 0 Å². The van der Waals surface area contributed by atoms with Crippen LogP contribution < -0.4 is 0 Å². The number of furan rings is 1. The Labute approximate surface area is 154 Å². The summed E-state index contributed by atoms with van der Waals surface area (Å²) in [4.78, 5) is 14.9. The van der Waals surface area contributed by atoms with Crippen molar-refractivity contribution in [3.63, 3.8) is 0 Å². The number of piperidine rings is 1. The first-order valence-electron chi connectivity index (χ1n) is 9.71. The zero-order chi connectivity index (χ0) is 18.0. The van der Waals surface area contributed by atoms with E-state index in [1.165, 1.54) is 5.56 Å². The van der Waals surface area contributed by atoms with Gasteiger partial charge in [-0.05, 0) is 55.7 Å². The van der Waals surface area contributed by atoms with Crippen molar-refractivity contribution in [1.82, 2.24) is 4.90 Å². The third-order valence-electron chi connectivity index (χ3n) is 6.06. The van der Waals surface area contributed by atoms with E-state index in [2.05, 4.69) is 12.1 Å². The fourth-order valence-corrected chi connectivity index (χ4v) is 4.24. The van der Waals surface area contributed by atoms with E-state index in [9.17, 15) is 9.90 Å². The highest BCUT2D eigenvalue weighted by Gasteiger charge is 2.48. The number of hydrogen-bond donors (Lipinski definition) is 1. The highest BCUT2D eigenvalue weighted by Crippen LogP contribution is 2.46. The molecule has 26 heavy (non-hydrogen) atoms. The van der Waals surface area contributed by atoms with Crippen LogP contribution in [0.25, 0.3) is 0 Å². The number of nitrogens with zero attached hydrogens (tertiary/aromatic N) is 1. The average Bonchev–Trinajstić information content (AvgIpc) is 3.20. The highest BCUT2D eigenvalue weighted by molar-refractivity contribution is 5.77. The first kappa shape index (κ1) is 17.3. The zero-order valence-corrected chi connectivity index (χ0v) is 15.1. The minimum absolute atomic E-state index is 0.0604. The molecule has 1 saturated heterocycles. The fraction of sp³-hybridized carbons (Fsp3) is 0.500. The molecule has 1 aromatic heterocycles. The second-order valence-electron chi connectivity index (χ2n) is 7.86. The molecular formula is C22H27NO3. The largest absolute Gasteiger partial charge is 0.469 e. The Bertz CT molecular complexity index is 713. The van der Waals surface area contributed by atoms with Gasteiger partial charge in [0.2, 0.25) is 5.91 Å². The van der Waals surface area contributed by atoms with Crippen LogP contribution in [0.2, 0.25) is 0 Å². The van der Waals surface area contributed by atoms with E-state index in [4.69, 9.17) is 4.42 Å². The van der Waals surface area contributed by atoms with Gasteiger partial charge in [0.1, 0.15) is 5.76 Å². The van der Waals surface area contributed by atoms with Crippen molar-refractivity contribution in [1.29, 1.82) is 0 Å². The number of carbonyl (C=O) groups is 1. The maximum atomic E-state index is 12.9. The number of benzene rings is 1. The summed E-state index contributed by atoms with van der Waals surface area (Å²) < 4.78 is 5.62. The van der Waals surface area contributed by atoms with Crippen LogP contribution in [-0.2, 0) is 11.2 Å². The van der Waals surface area contributed by atoms with Crippen LogP contribution in [0.4, 0.5) is 0 Å². The topological polar surface area (TPSA) is 53.7 Å². The van der Waals surface area contributed by atoms with Crippen molar-refractivity contribution in [2.75, 3.05) is 13.1 Å². The first-order chi connectivity index (χ1) is 12.6. The van der Waals surface area contributed by atoms with E-state index in [0.29, 0.717) is 12.3 Å². The molecule has 2 fully saturated rings. The summed E-state index contributed by atoms with van der Waals surface area (Å²) in [7, 11) is 0. The fourth-order valence-electron chi connectivity index (χ4n) is 4.24. The smallest absolute Gasteiger partial charge is 0.223 e. The molecule has 0 radical (unpaired) electrons. The molecule has 1 atom stereocenters. The molecule has 138 valence electrons. The minimum atomic E-state index is -0.418. The molecule has 1 amide bonds. The van der Waals surface area contributed by atoms with Crippen LogP contribution in [0, 0.1) is 5.92 Å². The Hall–Kier alpha value is -2.07. The van der Waals surface area contributed by atoms with E-state index < -0.39 is 5.60 Å². The molecule has 1 N–H and O–H groups in total. The third kappa shape index (κ3) is 3.85. The lowest BCUT2D eigenvalue weighted by Crippen LogP contribution is -2.42. The summed E-state index contributed by atoms with van der Waals surface area (Å²) in [6.07, 6.45) is 6.67. The molecule has 1 aromatic carbocycles. The number of aliphatic hydroxyl groups is 1. The van der Waals surface area contributed by atoms with Gasteiger partial charge in [-0.1, -0.05) is 30.3 Å². The van der Waals surface area contributed by atoms with E-state index in [0.717, 1.165) is 51.0 Å². The Morgan fingerprint density at radius 2 is 1.88 bits per heavy atom. The Balaban J connectivity index is 1.38. The summed E-state index contributed by atoms with van der Waals surface area (Å²) in [6, 6.07) is 14.1. The number of carbonyl (C=O) groups excluding carboxylic acids is 1. The van der Waals surface area contributed by atoms with Crippen molar-refractivity contribution in [3.05, 3.63) is 60.1 Å². The van der Waals surface area contributed by atoms with Crippen LogP contribution in [0.15, 0.2) is 53.1 Å². The van der Waals surface area contributed by atoms with Crippen LogP contribution in [0.3, 0.4) is 0 Å². The molecule has 2 aromatic rings. The van der Waals surface area contributed by atoms with Gasteiger partial charge in [0.25, 0.3) is 0 Å². The minimum Gasteiger partial charge on any atom is -0.469 e. The van der Waals surface area contributed by atoms with Crippen LogP contribution in [0.1, 0.15) is 49.3 Å². The van der Waals surface area contributed by atoms with Gasteiger partial charge in [-0.2, -0.15) is 0 Å². The van der Waals surface area contributed by atoms with E-state index in [1.807, 2.05) is 35.2 Å². The number of amides is 1. The first-order valence-corrected chi connectivity index (χ1v) is 9.71. The molecule has 4 rings (SSSR count). The second kappa shape index (κ2) is 7.28. The Morgan fingerprint density at radius 3 is 2.50 bits per heavy atom. The van der Waals surface area contributed by atoms with Crippen molar-refractivity contribution in [3.8, 4) is 0 Å². The van der Waals surface area contributed by atoms with Gasteiger partial charge in [-0.3, -0.25) is 4.79 Å². The Morgan fingerprint density at radius 1 is 1.15 bits per heavy atom. The van der Waals surface area contributed by atoms with Crippen LogP contribution in [0.5, 0.6) is 0 Å². The maximum Gasteiger partial charge on any atom is 0.223 e. The predicted octanol–water partition coefficient (Wildman–Crippen LogP) is 3.76. The molecule has 1 saturated carbocycles. The summed E-state index contributed by atoms with van der Waals surface area (Å²) in [6.45, 7) is 1.53. The lowest BCUT2D eigenvalue weighted by Gasteiger charge is -2.35. The quantitative estimate of drug-likeness (QED) is 0.860. The number of rotatable bonds is 6. The molecule has 1 aliphatic heterocycles. The van der Waals surface area contributed by atoms with E-state index in [-0.39, 0.29) is 11.8 Å². The van der Waals surface area contributed by atoms with Gasteiger partial charge in [0.05, 0.1) is 11.9 Å². The van der Waals surface area contributed by atoms with Gasteiger partial charge in [0, 0.05) is 25.4 Å². The van der Waals surface area contributed by atoms with Crippen molar-refractivity contribution >= 4 is 5.91 Å². The van der Waals surface area contributed by atoms with Gasteiger partial charge in [-0.15, -0.1) is 0 Å². The molecule has 1 aliphatic carbocycles. The lowest BCUT2D eigenvalue weighted by molar-refractivity contribution is -0.133. The molecule has 4 heteroatoms. The summed E-state index contributed by atoms with van der Waals surface area (Å²) in [5.74, 6) is 1.51. The van der Waals surface area contributed by atoms with Gasteiger partial charge >= 0.3 is 0 Å². The number of hydrogen-bond acceptors (Lipinski definition) is 3. The molecule has 0 spiro atoms. The molecule has 0 bridgehead atoms. The predicted molar refractivity (Wildman–Crippen MR) is 99.7 cm³/mol. The van der Waals surface area contributed by atoms with E-state index in [1.54, 1.807) is 6.26 Å². The molecule has 2 heterocycles. The van der Waals surface area contributed by atoms with Crippen LogP contribution >= 0.6 is 0 Å². The van der Waals surface area contributed by atoms with Gasteiger partial charge in [0.15, 0.2) is 0 Å². The average molecular weight is 353 g/mol.